The fourth-order valence-electron chi connectivity index (χ4n) is 2.93. The lowest BCUT2D eigenvalue weighted by atomic mass is 9.83. The normalized spacial score (nSPS) is 30.1. The molecule has 2 rings (SSSR count). The first-order valence-corrected chi connectivity index (χ1v) is 7.64. The van der Waals surface area contributed by atoms with Gasteiger partial charge in [0, 0.05) is 5.25 Å². The predicted molar refractivity (Wildman–Crippen MR) is 73.2 cm³/mol. The molecule has 0 radical (unpaired) electrons. The van der Waals surface area contributed by atoms with Crippen LogP contribution < -0.4 is 5.73 Å². The molecule has 18 heavy (non-hydrogen) atoms. The zero-order valence-corrected chi connectivity index (χ0v) is 11.7. The molecule has 0 amide bonds. The van der Waals surface area contributed by atoms with Gasteiger partial charge >= 0.3 is 0 Å². The average molecular weight is 269 g/mol. The van der Waals surface area contributed by atoms with Crippen LogP contribution in [0.2, 0.25) is 0 Å². The molecule has 2 nitrogen and oxygen atoms in total. The first-order chi connectivity index (χ1) is 8.47. The van der Waals surface area contributed by atoms with E-state index in [0.717, 1.165) is 12.8 Å². The molecule has 0 saturated heterocycles. The SMILES string of the molecule is CC1CC(C)CC(S(=O)c2ccc(F)cc2N)C1. The molecule has 1 aliphatic rings. The molecule has 1 fully saturated rings. The van der Waals surface area contributed by atoms with Gasteiger partial charge in [-0.05, 0) is 49.3 Å². The van der Waals surface area contributed by atoms with Crippen LogP contribution in [-0.2, 0) is 10.8 Å². The lowest BCUT2D eigenvalue weighted by Gasteiger charge is -2.31. The molecule has 0 aromatic heterocycles. The zero-order chi connectivity index (χ0) is 13.3. The molecule has 2 N–H and O–H groups in total. The fourth-order valence-corrected chi connectivity index (χ4v) is 4.79. The van der Waals surface area contributed by atoms with Gasteiger partial charge < -0.3 is 5.73 Å². The minimum absolute atomic E-state index is 0.150. The Morgan fingerprint density at radius 3 is 2.39 bits per heavy atom. The summed E-state index contributed by atoms with van der Waals surface area (Å²) in [5.74, 6) is 0.826. The average Bonchev–Trinajstić information content (AvgIpc) is 2.26. The number of anilines is 1. The molecule has 100 valence electrons. The zero-order valence-electron chi connectivity index (χ0n) is 10.9. The van der Waals surface area contributed by atoms with Gasteiger partial charge in [-0.1, -0.05) is 13.8 Å². The summed E-state index contributed by atoms with van der Waals surface area (Å²) in [6.07, 6.45) is 3.13. The summed E-state index contributed by atoms with van der Waals surface area (Å²) in [5, 5.41) is 0.150. The molecule has 1 aromatic rings. The summed E-state index contributed by atoms with van der Waals surface area (Å²) in [7, 11) is -1.12. The van der Waals surface area contributed by atoms with Gasteiger partial charge in [0.05, 0.1) is 21.4 Å². The highest BCUT2D eigenvalue weighted by Crippen LogP contribution is 2.34. The minimum Gasteiger partial charge on any atom is -0.398 e. The molecule has 0 aliphatic heterocycles. The Morgan fingerprint density at radius 2 is 1.83 bits per heavy atom. The van der Waals surface area contributed by atoms with Gasteiger partial charge in [-0.2, -0.15) is 0 Å². The Kier molecular flexibility index (Phi) is 4.05. The van der Waals surface area contributed by atoms with E-state index in [1.807, 2.05) is 0 Å². The van der Waals surface area contributed by atoms with Crippen LogP contribution in [0.5, 0.6) is 0 Å². The van der Waals surface area contributed by atoms with Gasteiger partial charge in [0.1, 0.15) is 5.82 Å². The molecule has 0 bridgehead atoms. The van der Waals surface area contributed by atoms with E-state index in [0.29, 0.717) is 22.4 Å². The van der Waals surface area contributed by atoms with Crippen molar-refractivity contribution >= 4 is 16.5 Å². The summed E-state index contributed by atoms with van der Waals surface area (Å²) < 4.78 is 25.5. The Morgan fingerprint density at radius 1 is 1.22 bits per heavy atom. The third-order valence-electron chi connectivity index (χ3n) is 3.63. The second kappa shape index (κ2) is 5.39. The number of halogens is 1. The van der Waals surface area contributed by atoms with Crippen LogP contribution in [-0.4, -0.2) is 9.46 Å². The van der Waals surface area contributed by atoms with Crippen molar-refractivity contribution < 1.29 is 8.60 Å². The monoisotopic (exact) mass is 269 g/mol. The lowest BCUT2D eigenvalue weighted by molar-refractivity contribution is 0.305. The van der Waals surface area contributed by atoms with Crippen LogP contribution in [0, 0.1) is 17.7 Å². The van der Waals surface area contributed by atoms with Crippen LogP contribution in [0.25, 0.3) is 0 Å². The van der Waals surface area contributed by atoms with Crippen LogP contribution in [0.4, 0.5) is 10.1 Å². The first-order valence-electron chi connectivity index (χ1n) is 6.43. The molecule has 3 atom stereocenters. The molecule has 1 aliphatic carbocycles. The Bertz CT molecular complexity index is 453. The number of benzene rings is 1. The third kappa shape index (κ3) is 2.91. The molecular weight excluding hydrogens is 249 g/mol. The first kappa shape index (κ1) is 13.5. The lowest BCUT2D eigenvalue weighted by Crippen LogP contribution is -2.28. The van der Waals surface area contributed by atoms with E-state index in [2.05, 4.69) is 13.8 Å². The Balaban J connectivity index is 2.20. The maximum absolute atomic E-state index is 13.0. The number of hydrogen-bond acceptors (Lipinski definition) is 2. The molecule has 0 heterocycles. The number of rotatable bonds is 2. The van der Waals surface area contributed by atoms with Crippen molar-refractivity contribution in [3.8, 4) is 0 Å². The van der Waals surface area contributed by atoms with E-state index in [1.165, 1.54) is 18.6 Å². The van der Waals surface area contributed by atoms with Gasteiger partial charge in [-0.3, -0.25) is 4.21 Å². The third-order valence-corrected chi connectivity index (χ3v) is 5.42. The van der Waals surface area contributed by atoms with Crippen LogP contribution in [0.3, 0.4) is 0 Å². The summed E-state index contributed by atoms with van der Waals surface area (Å²) in [6, 6.07) is 4.15. The number of hydrogen-bond donors (Lipinski definition) is 1. The summed E-state index contributed by atoms with van der Waals surface area (Å²) in [6.45, 7) is 4.40. The van der Waals surface area contributed by atoms with Crippen LogP contribution in [0.15, 0.2) is 23.1 Å². The molecule has 4 heteroatoms. The highest BCUT2D eigenvalue weighted by atomic mass is 32.2. The second-order valence-corrected chi connectivity index (χ2v) is 7.22. The Hall–Kier alpha value is -0.900. The second-order valence-electron chi connectivity index (χ2n) is 5.52. The van der Waals surface area contributed by atoms with Crippen molar-refractivity contribution in [2.45, 2.75) is 43.3 Å². The molecule has 0 spiro atoms. The molecule has 3 unspecified atom stereocenters. The van der Waals surface area contributed by atoms with Crippen molar-refractivity contribution in [2.24, 2.45) is 11.8 Å². The maximum Gasteiger partial charge on any atom is 0.125 e. The maximum atomic E-state index is 13.0. The van der Waals surface area contributed by atoms with Crippen molar-refractivity contribution in [1.29, 1.82) is 0 Å². The van der Waals surface area contributed by atoms with E-state index in [-0.39, 0.29) is 11.1 Å². The van der Waals surface area contributed by atoms with Crippen molar-refractivity contribution in [3.63, 3.8) is 0 Å². The van der Waals surface area contributed by atoms with Crippen LogP contribution in [0.1, 0.15) is 33.1 Å². The molecule has 1 aromatic carbocycles. The quantitative estimate of drug-likeness (QED) is 0.837. The van der Waals surface area contributed by atoms with E-state index in [9.17, 15) is 8.60 Å². The predicted octanol–water partition coefficient (Wildman–Crippen LogP) is 3.34. The number of nitrogen functional groups attached to an aromatic ring is 1. The standard InChI is InChI=1S/C14H20FNOS/c1-9-5-10(2)7-12(6-9)18(17)14-4-3-11(15)8-13(14)16/h3-4,8-10,12H,5-7,16H2,1-2H3. The van der Waals surface area contributed by atoms with Gasteiger partial charge in [0.2, 0.25) is 0 Å². The largest absolute Gasteiger partial charge is 0.398 e. The van der Waals surface area contributed by atoms with E-state index >= 15 is 0 Å². The molecular formula is C14H20FNOS. The smallest absolute Gasteiger partial charge is 0.125 e. The van der Waals surface area contributed by atoms with Gasteiger partial charge in [-0.25, -0.2) is 4.39 Å². The van der Waals surface area contributed by atoms with Gasteiger partial charge in [-0.15, -0.1) is 0 Å². The van der Waals surface area contributed by atoms with Crippen LogP contribution >= 0.6 is 0 Å². The highest BCUT2D eigenvalue weighted by Gasteiger charge is 2.29. The van der Waals surface area contributed by atoms with Crippen molar-refractivity contribution in [2.75, 3.05) is 5.73 Å². The summed E-state index contributed by atoms with van der Waals surface area (Å²) in [4.78, 5) is 0.586. The summed E-state index contributed by atoms with van der Waals surface area (Å²) >= 11 is 0. The van der Waals surface area contributed by atoms with E-state index < -0.39 is 10.8 Å². The summed E-state index contributed by atoms with van der Waals surface area (Å²) in [5.41, 5.74) is 6.07. The van der Waals surface area contributed by atoms with Crippen molar-refractivity contribution in [1.82, 2.24) is 0 Å². The topological polar surface area (TPSA) is 43.1 Å². The fraction of sp³-hybridized carbons (Fsp3) is 0.571. The number of nitrogens with two attached hydrogens (primary N) is 1. The molecule has 1 saturated carbocycles. The Labute approximate surface area is 110 Å². The van der Waals surface area contributed by atoms with Gasteiger partial charge in [0.25, 0.3) is 0 Å². The van der Waals surface area contributed by atoms with E-state index in [1.54, 1.807) is 6.07 Å². The highest BCUT2D eigenvalue weighted by molar-refractivity contribution is 7.85. The minimum atomic E-state index is -1.12. The van der Waals surface area contributed by atoms with E-state index in [4.69, 9.17) is 5.73 Å². The van der Waals surface area contributed by atoms with Crippen molar-refractivity contribution in [3.05, 3.63) is 24.0 Å². The van der Waals surface area contributed by atoms with Gasteiger partial charge in [0.15, 0.2) is 0 Å².